The molecule has 1 aliphatic rings. The standard InChI is InChI=1S/C17H25ClN2O/c1-12(13-7-5-4-6-8-13)19-16-11-14(18)9-10-15(16)17(21)20(2)3/h9-13,19H,4-8H2,1-3H3. The first kappa shape index (κ1) is 16.2. The Kier molecular flexibility index (Phi) is 5.51. The highest BCUT2D eigenvalue weighted by molar-refractivity contribution is 6.31. The molecule has 2 rings (SSSR count). The number of halogens is 1. The van der Waals surface area contributed by atoms with Gasteiger partial charge in [0, 0.05) is 30.8 Å². The molecule has 0 heterocycles. The lowest BCUT2D eigenvalue weighted by atomic mass is 9.84. The van der Waals surface area contributed by atoms with Gasteiger partial charge in [-0.15, -0.1) is 0 Å². The van der Waals surface area contributed by atoms with Crippen LogP contribution in [0.5, 0.6) is 0 Å². The molecule has 0 bridgehead atoms. The van der Waals surface area contributed by atoms with Crippen molar-refractivity contribution in [2.45, 2.75) is 45.1 Å². The fourth-order valence-electron chi connectivity index (χ4n) is 3.06. The van der Waals surface area contributed by atoms with E-state index < -0.39 is 0 Å². The maximum absolute atomic E-state index is 12.3. The fourth-order valence-corrected chi connectivity index (χ4v) is 3.23. The number of hydrogen-bond acceptors (Lipinski definition) is 2. The first-order valence-corrected chi connectivity index (χ1v) is 8.14. The first-order chi connectivity index (χ1) is 9.99. The summed E-state index contributed by atoms with van der Waals surface area (Å²) in [6, 6.07) is 5.80. The molecule has 0 saturated heterocycles. The summed E-state index contributed by atoms with van der Waals surface area (Å²) in [6.45, 7) is 2.21. The number of nitrogens with one attached hydrogen (secondary N) is 1. The number of nitrogens with zero attached hydrogens (tertiary/aromatic N) is 1. The third kappa shape index (κ3) is 4.13. The lowest BCUT2D eigenvalue weighted by Gasteiger charge is -2.29. The van der Waals surface area contributed by atoms with Crippen LogP contribution in [0, 0.1) is 5.92 Å². The first-order valence-electron chi connectivity index (χ1n) is 7.77. The van der Waals surface area contributed by atoms with Crippen molar-refractivity contribution in [1.82, 2.24) is 4.90 Å². The molecule has 1 aliphatic carbocycles. The van der Waals surface area contributed by atoms with Gasteiger partial charge in [-0.25, -0.2) is 0 Å². The Morgan fingerprint density at radius 1 is 1.29 bits per heavy atom. The van der Waals surface area contributed by atoms with Crippen molar-refractivity contribution >= 4 is 23.2 Å². The lowest BCUT2D eigenvalue weighted by molar-refractivity contribution is 0.0828. The highest BCUT2D eigenvalue weighted by Crippen LogP contribution is 2.30. The summed E-state index contributed by atoms with van der Waals surface area (Å²) in [5.74, 6) is 0.685. The second-order valence-corrected chi connectivity index (χ2v) is 6.66. The Hall–Kier alpha value is -1.22. The zero-order chi connectivity index (χ0) is 15.4. The third-order valence-electron chi connectivity index (χ3n) is 4.36. The minimum absolute atomic E-state index is 0.00464. The molecule has 0 radical (unpaired) electrons. The number of hydrogen-bond donors (Lipinski definition) is 1. The van der Waals surface area contributed by atoms with Crippen molar-refractivity contribution in [2.24, 2.45) is 5.92 Å². The van der Waals surface area contributed by atoms with Gasteiger partial charge in [0.1, 0.15) is 0 Å². The largest absolute Gasteiger partial charge is 0.382 e. The Labute approximate surface area is 132 Å². The quantitative estimate of drug-likeness (QED) is 0.893. The van der Waals surface area contributed by atoms with Crippen molar-refractivity contribution in [2.75, 3.05) is 19.4 Å². The summed E-state index contributed by atoms with van der Waals surface area (Å²) in [4.78, 5) is 13.9. The van der Waals surface area contributed by atoms with Gasteiger partial charge in [-0.2, -0.15) is 0 Å². The lowest BCUT2D eigenvalue weighted by Crippen LogP contribution is -2.29. The molecule has 1 saturated carbocycles. The Bertz CT molecular complexity index is 496. The molecule has 1 N–H and O–H groups in total. The van der Waals surface area contributed by atoms with Crippen LogP contribution in [-0.4, -0.2) is 30.9 Å². The summed E-state index contributed by atoms with van der Waals surface area (Å²) in [6.07, 6.45) is 6.52. The highest BCUT2D eigenvalue weighted by Gasteiger charge is 2.22. The Morgan fingerprint density at radius 3 is 2.57 bits per heavy atom. The molecule has 1 unspecified atom stereocenters. The molecule has 0 aliphatic heterocycles. The van der Waals surface area contributed by atoms with Crippen molar-refractivity contribution < 1.29 is 4.79 Å². The second kappa shape index (κ2) is 7.17. The van der Waals surface area contributed by atoms with E-state index in [1.165, 1.54) is 32.1 Å². The van der Waals surface area contributed by atoms with E-state index in [9.17, 15) is 4.79 Å². The summed E-state index contributed by atoms with van der Waals surface area (Å²) in [5, 5.41) is 4.18. The van der Waals surface area contributed by atoms with Crippen LogP contribution in [0.25, 0.3) is 0 Å². The monoisotopic (exact) mass is 308 g/mol. The second-order valence-electron chi connectivity index (χ2n) is 6.22. The van der Waals surface area contributed by atoms with Crippen LogP contribution >= 0.6 is 11.6 Å². The zero-order valence-electron chi connectivity index (χ0n) is 13.2. The van der Waals surface area contributed by atoms with E-state index in [0.29, 0.717) is 22.5 Å². The van der Waals surface area contributed by atoms with Gasteiger partial charge in [0.2, 0.25) is 0 Å². The van der Waals surface area contributed by atoms with Crippen LogP contribution in [0.1, 0.15) is 49.4 Å². The van der Waals surface area contributed by atoms with E-state index >= 15 is 0 Å². The van der Waals surface area contributed by atoms with E-state index in [1.54, 1.807) is 31.1 Å². The van der Waals surface area contributed by atoms with Crippen LogP contribution in [0.4, 0.5) is 5.69 Å². The maximum Gasteiger partial charge on any atom is 0.255 e. The zero-order valence-corrected chi connectivity index (χ0v) is 13.9. The fraction of sp³-hybridized carbons (Fsp3) is 0.588. The van der Waals surface area contributed by atoms with Crippen molar-refractivity contribution in [1.29, 1.82) is 0 Å². The molecular weight excluding hydrogens is 284 g/mol. The van der Waals surface area contributed by atoms with Crippen LogP contribution < -0.4 is 5.32 Å². The van der Waals surface area contributed by atoms with Crippen molar-refractivity contribution in [3.63, 3.8) is 0 Å². The van der Waals surface area contributed by atoms with Gasteiger partial charge in [-0.1, -0.05) is 30.9 Å². The molecule has 1 aromatic carbocycles. The number of benzene rings is 1. The Balaban J connectivity index is 2.17. The number of carbonyl (C=O) groups excluding carboxylic acids is 1. The molecule has 21 heavy (non-hydrogen) atoms. The van der Waals surface area contributed by atoms with Crippen molar-refractivity contribution in [3.8, 4) is 0 Å². The number of rotatable bonds is 4. The predicted molar refractivity (Wildman–Crippen MR) is 89.1 cm³/mol. The van der Waals surface area contributed by atoms with E-state index in [4.69, 9.17) is 11.6 Å². The molecular formula is C17H25ClN2O. The molecule has 1 aromatic rings. The minimum Gasteiger partial charge on any atom is -0.382 e. The van der Waals surface area contributed by atoms with E-state index in [1.807, 2.05) is 6.07 Å². The van der Waals surface area contributed by atoms with Gasteiger partial charge in [0.15, 0.2) is 0 Å². The van der Waals surface area contributed by atoms with E-state index in [2.05, 4.69) is 12.2 Å². The summed E-state index contributed by atoms with van der Waals surface area (Å²) >= 11 is 6.11. The normalized spacial score (nSPS) is 17.3. The predicted octanol–water partition coefficient (Wildman–Crippen LogP) is 4.42. The van der Waals surface area contributed by atoms with Crippen molar-refractivity contribution in [3.05, 3.63) is 28.8 Å². The maximum atomic E-state index is 12.3. The van der Waals surface area contributed by atoms with E-state index in [0.717, 1.165) is 5.69 Å². The number of anilines is 1. The number of amides is 1. The average molecular weight is 309 g/mol. The smallest absolute Gasteiger partial charge is 0.255 e. The van der Waals surface area contributed by atoms with Crippen LogP contribution in [0.15, 0.2) is 18.2 Å². The average Bonchev–Trinajstić information content (AvgIpc) is 2.47. The van der Waals surface area contributed by atoms with Gasteiger partial charge in [0.25, 0.3) is 5.91 Å². The van der Waals surface area contributed by atoms with E-state index in [-0.39, 0.29) is 5.91 Å². The summed E-state index contributed by atoms with van der Waals surface area (Å²) < 4.78 is 0. The molecule has 116 valence electrons. The highest BCUT2D eigenvalue weighted by atomic mass is 35.5. The van der Waals surface area contributed by atoms with Gasteiger partial charge in [-0.05, 0) is 43.9 Å². The number of carbonyl (C=O) groups is 1. The molecule has 0 spiro atoms. The molecule has 0 aromatic heterocycles. The topological polar surface area (TPSA) is 32.3 Å². The van der Waals surface area contributed by atoms with Crippen LogP contribution in [0.3, 0.4) is 0 Å². The summed E-state index contributed by atoms with van der Waals surface area (Å²) in [5.41, 5.74) is 1.53. The van der Waals surface area contributed by atoms with Gasteiger partial charge < -0.3 is 10.2 Å². The molecule has 1 atom stereocenters. The SMILES string of the molecule is CC(Nc1cc(Cl)ccc1C(=O)N(C)C)C1CCCCC1. The third-order valence-corrected chi connectivity index (χ3v) is 4.59. The molecule has 4 heteroatoms. The van der Waals surface area contributed by atoms with Crippen LogP contribution in [-0.2, 0) is 0 Å². The van der Waals surface area contributed by atoms with Crippen LogP contribution in [0.2, 0.25) is 5.02 Å². The summed E-state index contributed by atoms with van der Waals surface area (Å²) in [7, 11) is 3.54. The molecule has 1 fully saturated rings. The van der Waals surface area contributed by atoms with Gasteiger partial charge >= 0.3 is 0 Å². The molecule has 3 nitrogen and oxygen atoms in total. The molecule has 1 amide bonds. The Morgan fingerprint density at radius 2 is 1.95 bits per heavy atom. The van der Waals surface area contributed by atoms with Gasteiger partial charge in [0.05, 0.1) is 5.56 Å². The minimum atomic E-state index is 0.00464. The van der Waals surface area contributed by atoms with Gasteiger partial charge in [-0.3, -0.25) is 4.79 Å².